The van der Waals surface area contributed by atoms with Crippen LogP contribution in [0, 0.1) is 0 Å². The highest BCUT2D eigenvalue weighted by Crippen LogP contribution is 2.13. The van der Waals surface area contributed by atoms with Crippen molar-refractivity contribution in [3.8, 4) is 0 Å². The lowest BCUT2D eigenvalue weighted by Crippen LogP contribution is -2.25. The van der Waals surface area contributed by atoms with E-state index in [1.54, 1.807) is 36.2 Å². The molecule has 0 fully saturated rings. The van der Waals surface area contributed by atoms with E-state index in [1.165, 1.54) is 0 Å². The van der Waals surface area contributed by atoms with Crippen LogP contribution in [0.3, 0.4) is 0 Å². The third kappa shape index (κ3) is 3.05. The number of aromatic nitrogens is 5. The number of hydrogen-bond donors (Lipinski definition) is 2. The maximum atomic E-state index is 12.0. The summed E-state index contributed by atoms with van der Waals surface area (Å²) in [5.41, 5.74) is 2.01. The standard InChI is InChI=1S/C13H14N6OS/c1-19-6-4-15-13(19)21-7-5-14-12(20)9-2-3-10-11(8-9)17-18-16-10/h2-4,6,8H,5,7H2,1H3,(H,14,20)(H,16,17,18). The first-order valence-electron chi connectivity index (χ1n) is 6.43. The predicted octanol–water partition coefficient (Wildman–Crippen LogP) is 1.21. The third-order valence-electron chi connectivity index (χ3n) is 2.97. The number of carbonyl (C=O) groups excluding carboxylic acids is 1. The van der Waals surface area contributed by atoms with Crippen LogP contribution < -0.4 is 5.32 Å². The Morgan fingerprint density at radius 3 is 3.05 bits per heavy atom. The largest absolute Gasteiger partial charge is 0.351 e. The molecule has 0 atom stereocenters. The number of carbonyl (C=O) groups is 1. The van der Waals surface area contributed by atoms with Crippen LogP contribution in [-0.4, -0.2) is 43.2 Å². The topological polar surface area (TPSA) is 88.5 Å². The van der Waals surface area contributed by atoms with E-state index >= 15 is 0 Å². The fourth-order valence-electron chi connectivity index (χ4n) is 1.88. The van der Waals surface area contributed by atoms with Crippen molar-refractivity contribution in [3.63, 3.8) is 0 Å². The van der Waals surface area contributed by atoms with Gasteiger partial charge in [0.2, 0.25) is 0 Å². The number of fused-ring (bicyclic) bond motifs is 1. The van der Waals surface area contributed by atoms with Crippen molar-refractivity contribution < 1.29 is 4.79 Å². The van der Waals surface area contributed by atoms with Gasteiger partial charge in [0, 0.05) is 37.3 Å². The smallest absolute Gasteiger partial charge is 0.251 e. The summed E-state index contributed by atoms with van der Waals surface area (Å²) in [4.78, 5) is 16.3. The Bertz CT molecular complexity index is 765. The molecular weight excluding hydrogens is 288 g/mol. The summed E-state index contributed by atoms with van der Waals surface area (Å²) in [5.74, 6) is 0.656. The number of nitrogens with one attached hydrogen (secondary N) is 2. The molecule has 21 heavy (non-hydrogen) atoms. The first-order valence-corrected chi connectivity index (χ1v) is 7.41. The molecule has 0 aliphatic rings. The lowest BCUT2D eigenvalue weighted by atomic mass is 10.2. The summed E-state index contributed by atoms with van der Waals surface area (Å²) in [5, 5.41) is 14.3. The van der Waals surface area contributed by atoms with Gasteiger partial charge in [-0.2, -0.15) is 15.4 Å². The van der Waals surface area contributed by atoms with Crippen LogP contribution in [0.25, 0.3) is 11.0 Å². The van der Waals surface area contributed by atoms with E-state index in [4.69, 9.17) is 0 Å². The minimum absolute atomic E-state index is 0.111. The number of imidazole rings is 1. The molecule has 2 heterocycles. The molecule has 0 radical (unpaired) electrons. The number of H-pyrrole nitrogens is 1. The molecular formula is C13H14N6OS. The van der Waals surface area contributed by atoms with Crippen LogP contribution in [0.5, 0.6) is 0 Å². The lowest BCUT2D eigenvalue weighted by Gasteiger charge is -2.05. The van der Waals surface area contributed by atoms with Crippen LogP contribution in [0.2, 0.25) is 0 Å². The number of hydrogen-bond acceptors (Lipinski definition) is 5. The third-order valence-corrected chi connectivity index (χ3v) is 4.03. The fourth-order valence-corrected chi connectivity index (χ4v) is 2.67. The highest BCUT2D eigenvalue weighted by atomic mass is 32.2. The molecule has 8 heteroatoms. The molecule has 2 N–H and O–H groups in total. The van der Waals surface area contributed by atoms with E-state index < -0.39 is 0 Å². The first kappa shape index (κ1) is 13.6. The van der Waals surface area contributed by atoms with E-state index in [9.17, 15) is 4.79 Å². The Kier molecular flexibility index (Phi) is 3.87. The van der Waals surface area contributed by atoms with Crippen molar-refractivity contribution in [3.05, 3.63) is 36.2 Å². The second kappa shape index (κ2) is 5.96. The minimum Gasteiger partial charge on any atom is -0.351 e. The Morgan fingerprint density at radius 2 is 2.24 bits per heavy atom. The van der Waals surface area contributed by atoms with Crippen LogP contribution in [-0.2, 0) is 7.05 Å². The molecule has 0 aliphatic heterocycles. The molecule has 0 unspecified atom stereocenters. The Morgan fingerprint density at radius 1 is 1.38 bits per heavy atom. The Hall–Kier alpha value is -2.35. The van der Waals surface area contributed by atoms with Gasteiger partial charge in [-0.3, -0.25) is 4.79 Å². The summed E-state index contributed by atoms with van der Waals surface area (Å²) in [6.07, 6.45) is 3.65. The van der Waals surface area contributed by atoms with Crippen molar-refractivity contribution in [2.45, 2.75) is 5.16 Å². The number of nitrogens with zero attached hydrogens (tertiary/aromatic N) is 4. The molecule has 1 amide bonds. The summed E-state index contributed by atoms with van der Waals surface area (Å²) in [7, 11) is 1.95. The average Bonchev–Trinajstić information content (AvgIpc) is 3.11. The molecule has 7 nitrogen and oxygen atoms in total. The van der Waals surface area contributed by atoms with Crippen molar-refractivity contribution in [1.82, 2.24) is 30.3 Å². The number of thioether (sulfide) groups is 1. The van der Waals surface area contributed by atoms with Crippen LogP contribution in [0.15, 0.2) is 35.7 Å². The van der Waals surface area contributed by atoms with Gasteiger partial charge < -0.3 is 9.88 Å². The maximum absolute atomic E-state index is 12.0. The average molecular weight is 302 g/mol. The molecule has 1 aromatic carbocycles. The van der Waals surface area contributed by atoms with Crippen LogP contribution in [0.1, 0.15) is 10.4 Å². The SMILES string of the molecule is Cn1ccnc1SCCNC(=O)c1ccc2n[nH]nc2c1. The summed E-state index contributed by atoms with van der Waals surface area (Å²) < 4.78 is 1.95. The molecule has 0 saturated carbocycles. The number of benzene rings is 1. The van der Waals surface area contributed by atoms with Crippen molar-refractivity contribution in [2.24, 2.45) is 7.05 Å². The van der Waals surface area contributed by atoms with Gasteiger partial charge in [0.1, 0.15) is 11.0 Å². The number of rotatable bonds is 5. The molecule has 108 valence electrons. The molecule has 3 rings (SSSR count). The van der Waals surface area contributed by atoms with Crippen LogP contribution in [0.4, 0.5) is 0 Å². The van der Waals surface area contributed by atoms with Gasteiger partial charge in [-0.1, -0.05) is 11.8 Å². The highest BCUT2D eigenvalue weighted by Gasteiger charge is 2.08. The van der Waals surface area contributed by atoms with E-state index in [1.807, 2.05) is 17.8 Å². The van der Waals surface area contributed by atoms with Crippen molar-refractivity contribution >= 4 is 28.7 Å². The summed E-state index contributed by atoms with van der Waals surface area (Å²) >= 11 is 1.60. The van der Waals surface area contributed by atoms with Gasteiger partial charge in [-0.15, -0.1) is 0 Å². The molecule has 0 spiro atoms. The molecule has 2 aromatic heterocycles. The zero-order valence-corrected chi connectivity index (χ0v) is 12.2. The summed E-state index contributed by atoms with van der Waals surface area (Å²) in [6, 6.07) is 5.24. The molecule has 3 aromatic rings. The molecule has 0 bridgehead atoms. The monoisotopic (exact) mass is 302 g/mol. The fraction of sp³-hybridized carbons (Fsp3) is 0.231. The number of aromatic amines is 1. The summed E-state index contributed by atoms with van der Waals surface area (Å²) in [6.45, 7) is 0.577. The van der Waals surface area contributed by atoms with Gasteiger partial charge in [-0.05, 0) is 18.2 Å². The van der Waals surface area contributed by atoms with E-state index in [0.29, 0.717) is 17.6 Å². The number of amides is 1. The number of aryl methyl sites for hydroxylation is 1. The maximum Gasteiger partial charge on any atom is 0.251 e. The predicted molar refractivity (Wildman–Crippen MR) is 80.2 cm³/mol. The second-order valence-electron chi connectivity index (χ2n) is 4.45. The Labute approximate surface area is 125 Å². The normalized spacial score (nSPS) is 10.9. The van der Waals surface area contributed by atoms with Gasteiger partial charge in [0.15, 0.2) is 5.16 Å². The second-order valence-corrected chi connectivity index (χ2v) is 5.51. The minimum atomic E-state index is -0.111. The van der Waals surface area contributed by atoms with Crippen molar-refractivity contribution in [2.75, 3.05) is 12.3 Å². The van der Waals surface area contributed by atoms with E-state index in [-0.39, 0.29) is 5.91 Å². The molecule has 0 saturated heterocycles. The van der Waals surface area contributed by atoms with E-state index in [0.717, 1.165) is 16.4 Å². The zero-order valence-electron chi connectivity index (χ0n) is 11.4. The Balaban J connectivity index is 1.53. The first-order chi connectivity index (χ1) is 10.2. The van der Waals surface area contributed by atoms with Crippen molar-refractivity contribution in [1.29, 1.82) is 0 Å². The van der Waals surface area contributed by atoms with Gasteiger partial charge in [-0.25, -0.2) is 4.98 Å². The quantitative estimate of drug-likeness (QED) is 0.546. The van der Waals surface area contributed by atoms with Crippen LogP contribution >= 0.6 is 11.8 Å². The van der Waals surface area contributed by atoms with E-state index in [2.05, 4.69) is 25.7 Å². The van der Waals surface area contributed by atoms with Gasteiger partial charge in [0.25, 0.3) is 5.91 Å². The highest BCUT2D eigenvalue weighted by molar-refractivity contribution is 7.99. The van der Waals surface area contributed by atoms with Gasteiger partial charge >= 0.3 is 0 Å². The lowest BCUT2D eigenvalue weighted by molar-refractivity contribution is 0.0956. The van der Waals surface area contributed by atoms with Gasteiger partial charge in [0.05, 0.1) is 0 Å². The molecule has 0 aliphatic carbocycles. The zero-order chi connectivity index (χ0) is 14.7.